The molecule has 0 radical (unpaired) electrons. The molecule has 0 bridgehead atoms. The van der Waals surface area contributed by atoms with Gasteiger partial charge >= 0.3 is 6.09 Å². The van der Waals surface area contributed by atoms with Crippen molar-refractivity contribution in [3.63, 3.8) is 0 Å². The molecule has 0 unspecified atom stereocenters. The number of hydrogen-bond donors (Lipinski definition) is 0. The first kappa shape index (κ1) is 21.3. The first-order valence-electron chi connectivity index (χ1n) is 9.87. The van der Waals surface area contributed by atoms with Gasteiger partial charge in [-0.05, 0) is 84.9 Å². The highest BCUT2D eigenvalue weighted by Crippen LogP contribution is 2.28. The number of ether oxygens (including phenoxy) is 1. The van der Waals surface area contributed by atoms with Crippen LogP contribution in [0.2, 0.25) is 0 Å². The Morgan fingerprint density at radius 1 is 1.15 bits per heavy atom. The third-order valence-corrected chi connectivity index (χ3v) is 5.34. The van der Waals surface area contributed by atoms with Crippen molar-refractivity contribution in [2.75, 3.05) is 26.2 Å². The van der Waals surface area contributed by atoms with Gasteiger partial charge in [-0.1, -0.05) is 23.8 Å². The molecule has 2 fully saturated rings. The third-order valence-electron chi connectivity index (χ3n) is 5.24. The quantitative estimate of drug-likeness (QED) is 0.627. The zero-order valence-electron chi connectivity index (χ0n) is 16.9. The second kappa shape index (κ2) is 9.27. The van der Waals surface area contributed by atoms with Crippen LogP contribution >= 0.6 is 11.6 Å². The van der Waals surface area contributed by atoms with Crippen molar-refractivity contribution >= 4 is 17.7 Å². The number of carbonyl (C=O) groups is 1. The number of likely N-dealkylation sites (tertiary alicyclic amines) is 2. The van der Waals surface area contributed by atoms with Crippen LogP contribution in [0.15, 0.2) is 23.3 Å². The lowest BCUT2D eigenvalue weighted by Gasteiger charge is -2.42. The van der Waals surface area contributed by atoms with Gasteiger partial charge in [0, 0.05) is 24.2 Å². The molecule has 0 N–H and O–H groups in total. The van der Waals surface area contributed by atoms with E-state index in [1.807, 2.05) is 38.7 Å². The molecule has 1 amide bonds. The Kier molecular flexibility index (Phi) is 7.60. The number of piperidine rings is 2. The highest BCUT2D eigenvalue weighted by molar-refractivity contribution is 6.29. The Labute approximate surface area is 164 Å². The number of rotatable bonds is 4. The van der Waals surface area contributed by atoms with Crippen molar-refractivity contribution in [2.24, 2.45) is 5.92 Å². The maximum atomic E-state index is 12.2. The summed E-state index contributed by atoms with van der Waals surface area (Å²) in [6, 6.07) is 0.600. The van der Waals surface area contributed by atoms with Gasteiger partial charge < -0.3 is 14.5 Å². The number of halogens is 1. The van der Waals surface area contributed by atoms with E-state index in [1.165, 1.54) is 12.8 Å². The first-order chi connectivity index (χ1) is 12.1. The Bertz CT molecular complexity index is 519. The van der Waals surface area contributed by atoms with Gasteiger partial charge in [-0.15, -0.1) is 0 Å². The molecule has 148 valence electrons. The van der Waals surface area contributed by atoms with Gasteiger partial charge in [-0.3, -0.25) is 0 Å². The average molecular weight is 383 g/mol. The molecule has 0 aliphatic carbocycles. The van der Waals surface area contributed by atoms with Crippen LogP contribution in [0.1, 0.15) is 59.8 Å². The zero-order valence-corrected chi connectivity index (χ0v) is 17.6. The fourth-order valence-corrected chi connectivity index (χ4v) is 4.13. The van der Waals surface area contributed by atoms with E-state index in [0.29, 0.717) is 12.0 Å². The van der Waals surface area contributed by atoms with E-state index in [1.54, 1.807) is 0 Å². The maximum Gasteiger partial charge on any atom is 0.410 e. The second-order valence-electron chi connectivity index (χ2n) is 8.77. The van der Waals surface area contributed by atoms with E-state index >= 15 is 0 Å². The number of nitrogens with zero attached hydrogens (tertiary/aromatic N) is 2. The molecule has 0 spiro atoms. The summed E-state index contributed by atoms with van der Waals surface area (Å²) in [4.78, 5) is 16.7. The average Bonchev–Trinajstić information content (AvgIpc) is 2.53. The van der Waals surface area contributed by atoms with Gasteiger partial charge in [-0.2, -0.15) is 0 Å². The molecular formula is C21H35ClN2O2. The van der Waals surface area contributed by atoms with E-state index in [2.05, 4.69) is 11.5 Å². The summed E-state index contributed by atoms with van der Waals surface area (Å²) in [5, 5.41) is 0.809. The lowest BCUT2D eigenvalue weighted by Crippen LogP contribution is -2.49. The molecule has 4 nitrogen and oxygen atoms in total. The molecular weight excluding hydrogens is 348 g/mol. The van der Waals surface area contributed by atoms with Gasteiger partial charge in [-0.25, -0.2) is 4.79 Å². The molecule has 2 saturated heterocycles. The predicted octanol–water partition coefficient (Wildman–Crippen LogP) is 5.19. The van der Waals surface area contributed by atoms with Crippen LogP contribution in [0.5, 0.6) is 0 Å². The lowest BCUT2D eigenvalue weighted by atomic mass is 9.89. The fraction of sp³-hybridized carbons (Fsp3) is 0.762. The van der Waals surface area contributed by atoms with Crippen LogP contribution < -0.4 is 0 Å². The molecule has 0 saturated carbocycles. The highest BCUT2D eigenvalue weighted by Gasteiger charge is 2.31. The van der Waals surface area contributed by atoms with Gasteiger partial charge in [0.1, 0.15) is 5.60 Å². The summed E-state index contributed by atoms with van der Waals surface area (Å²) in [6.45, 7) is 15.7. The van der Waals surface area contributed by atoms with Crippen molar-refractivity contribution in [3.05, 3.63) is 23.3 Å². The van der Waals surface area contributed by atoms with E-state index < -0.39 is 5.60 Å². The van der Waals surface area contributed by atoms with E-state index in [0.717, 1.165) is 56.0 Å². The minimum atomic E-state index is -0.420. The summed E-state index contributed by atoms with van der Waals surface area (Å²) in [5.41, 5.74) is 0.721. The summed E-state index contributed by atoms with van der Waals surface area (Å²) in [5.74, 6) is 0.716. The largest absolute Gasteiger partial charge is 0.444 e. The van der Waals surface area contributed by atoms with Crippen LogP contribution in [0.3, 0.4) is 0 Å². The molecule has 2 aliphatic rings. The maximum absolute atomic E-state index is 12.2. The molecule has 5 heteroatoms. The molecule has 26 heavy (non-hydrogen) atoms. The number of amides is 1. The Balaban J connectivity index is 1.72. The van der Waals surface area contributed by atoms with Crippen molar-refractivity contribution in [1.29, 1.82) is 0 Å². The standard InChI is InChI=1S/C21H35ClN2O2/c1-16(14-17(2)22)15-18-6-10-23(11-7-18)19-8-12-24(13-9-19)20(25)26-21(3,4)5/h14,18-19H,1,6-13,15H2,2-5H3/b17-14+. The topological polar surface area (TPSA) is 32.8 Å². The Morgan fingerprint density at radius 2 is 1.73 bits per heavy atom. The summed E-state index contributed by atoms with van der Waals surface area (Å²) in [6.07, 6.45) is 7.40. The fourth-order valence-electron chi connectivity index (χ4n) is 3.97. The Hall–Kier alpha value is -1.00. The SMILES string of the molecule is C=C(/C=C(\C)Cl)CC1CCN(C2CCN(C(=O)OC(C)(C)C)CC2)CC1. The Morgan fingerprint density at radius 3 is 2.23 bits per heavy atom. The normalized spacial score (nSPS) is 21.7. The highest BCUT2D eigenvalue weighted by atomic mass is 35.5. The smallest absolute Gasteiger partial charge is 0.410 e. The molecule has 0 atom stereocenters. The molecule has 2 rings (SSSR count). The summed E-state index contributed by atoms with van der Waals surface area (Å²) < 4.78 is 5.49. The zero-order chi connectivity index (χ0) is 19.3. The minimum Gasteiger partial charge on any atom is -0.444 e. The molecule has 0 aromatic carbocycles. The lowest BCUT2D eigenvalue weighted by molar-refractivity contribution is 0.0119. The van der Waals surface area contributed by atoms with E-state index in [9.17, 15) is 4.79 Å². The van der Waals surface area contributed by atoms with Crippen LogP contribution in [0.25, 0.3) is 0 Å². The van der Waals surface area contributed by atoms with Gasteiger partial charge in [0.05, 0.1) is 0 Å². The van der Waals surface area contributed by atoms with Gasteiger partial charge in [0.25, 0.3) is 0 Å². The third kappa shape index (κ3) is 6.96. The summed E-state index contributed by atoms with van der Waals surface area (Å²) >= 11 is 5.94. The monoisotopic (exact) mass is 382 g/mol. The molecule has 0 aromatic heterocycles. The van der Waals surface area contributed by atoms with Crippen molar-refractivity contribution < 1.29 is 9.53 Å². The van der Waals surface area contributed by atoms with Crippen molar-refractivity contribution in [2.45, 2.75) is 71.4 Å². The number of hydrogen-bond acceptors (Lipinski definition) is 3. The van der Waals surface area contributed by atoms with E-state index in [4.69, 9.17) is 16.3 Å². The van der Waals surface area contributed by atoms with Crippen LogP contribution in [0, 0.1) is 5.92 Å². The second-order valence-corrected chi connectivity index (χ2v) is 9.37. The van der Waals surface area contributed by atoms with Crippen LogP contribution in [0.4, 0.5) is 4.79 Å². The predicted molar refractivity (Wildman–Crippen MR) is 108 cm³/mol. The van der Waals surface area contributed by atoms with Crippen LogP contribution in [-0.2, 0) is 4.74 Å². The number of allylic oxidation sites excluding steroid dienone is 3. The van der Waals surface area contributed by atoms with Crippen LogP contribution in [-0.4, -0.2) is 53.7 Å². The molecule has 2 aliphatic heterocycles. The van der Waals surface area contributed by atoms with Crippen molar-refractivity contribution in [3.8, 4) is 0 Å². The van der Waals surface area contributed by atoms with Crippen molar-refractivity contribution in [1.82, 2.24) is 9.80 Å². The molecule has 2 heterocycles. The first-order valence-corrected chi connectivity index (χ1v) is 10.3. The number of carbonyl (C=O) groups excluding carboxylic acids is 1. The van der Waals surface area contributed by atoms with Gasteiger partial charge in [0.2, 0.25) is 0 Å². The van der Waals surface area contributed by atoms with E-state index in [-0.39, 0.29) is 6.09 Å². The minimum absolute atomic E-state index is 0.171. The molecule has 0 aromatic rings. The van der Waals surface area contributed by atoms with Gasteiger partial charge in [0.15, 0.2) is 0 Å². The summed E-state index contributed by atoms with van der Waals surface area (Å²) in [7, 11) is 0.